The van der Waals surface area contributed by atoms with Crippen LogP contribution >= 0.6 is 0 Å². The van der Waals surface area contributed by atoms with E-state index in [1.165, 1.54) is 0 Å². The predicted molar refractivity (Wildman–Crippen MR) is 57.2 cm³/mol. The van der Waals surface area contributed by atoms with E-state index in [0.717, 1.165) is 0 Å². The molecular formula is C11H20O. The molecule has 0 saturated heterocycles. The fourth-order valence-electron chi connectivity index (χ4n) is 0.231. The first-order valence-corrected chi connectivity index (χ1v) is 4.24. The van der Waals surface area contributed by atoms with E-state index in [1.807, 2.05) is 27.7 Å². The lowest BCUT2D eigenvalue weighted by atomic mass is 10.3. The molecule has 0 unspecified atom stereocenters. The second kappa shape index (κ2) is 22.5. The van der Waals surface area contributed by atoms with Gasteiger partial charge in [-0.25, -0.2) is 0 Å². The van der Waals surface area contributed by atoms with Crippen LogP contribution in [0, 0.1) is 0 Å². The summed E-state index contributed by atoms with van der Waals surface area (Å²) in [7, 11) is 0. The molecule has 1 heteroatoms. The summed E-state index contributed by atoms with van der Waals surface area (Å²) in [5.41, 5.74) is 0.463. The normalized spacial score (nSPS) is 7.00. The molecule has 0 heterocycles. The van der Waals surface area contributed by atoms with Crippen LogP contribution in [0.15, 0.2) is 37.0 Å². The molecule has 0 aromatic rings. The molecule has 0 radical (unpaired) electrons. The maximum atomic E-state index is 9.83. The van der Waals surface area contributed by atoms with Gasteiger partial charge in [-0.1, -0.05) is 59.1 Å². The Hall–Kier alpha value is -1.11. The smallest absolute Gasteiger partial charge is 0.149 e. The minimum Gasteiger partial charge on any atom is -0.298 e. The van der Waals surface area contributed by atoms with E-state index in [1.54, 1.807) is 18.2 Å². The molecule has 0 aromatic heterocycles. The number of carbonyl (C=O) groups excluding carboxylic acids is 1. The molecule has 0 spiro atoms. The van der Waals surface area contributed by atoms with Crippen molar-refractivity contribution in [1.29, 1.82) is 0 Å². The molecule has 0 rings (SSSR count). The fraction of sp³-hybridized carbons (Fsp3) is 0.364. The van der Waals surface area contributed by atoms with Crippen LogP contribution in [0.25, 0.3) is 0 Å². The van der Waals surface area contributed by atoms with Gasteiger partial charge >= 0.3 is 0 Å². The second-order valence-electron chi connectivity index (χ2n) is 1.29. The van der Waals surface area contributed by atoms with Crippen molar-refractivity contribution >= 4 is 6.29 Å². The van der Waals surface area contributed by atoms with Crippen LogP contribution in [0.1, 0.15) is 27.7 Å². The van der Waals surface area contributed by atoms with Crippen LogP contribution in [0.4, 0.5) is 0 Å². The standard InChI is InChI=1S/C7H8O.2C2H6/c1-3-4-5-7(2)6-8;2*1-2/h3-6H,1-2H2;2*1-2H3/b5-4-;;. The molecule has 0 N–H and O–H groups in total. The minimum atomic E-state index is 0.463. The monoisotopic (exact) mass is 168 g/mol. The Kier molecular flexibility index (Phi) is 32.1. The van der Waals surface area contributed by atoms with Crippen LogP contribution in [0.3, 0.4) is 0 Å². The third kappa shape index (κ3) is 23.1. The number of aldehydes is 1. The molecule has 0 atom stereocenters. The summed E-state index contributed by atoms with van der Waals surface area (Å²) in [6.07, 6.45) is 5.55. The Morgan fingerprint density at radius 3 is 1.83 bits per heavy atom. The highest BCUT2D eigenvalue weighted by atomic mass is 16.1. The van der Waals surface area contributed by atoms with Gasteiger partial charge in [0.05, 0.1) is 0 Å². The van der Waals surface area contributed by atoms with Gasteiger partial charge in [-0.05, 0) is 0 Å². The first-order chi connectivity index (χ1) is 5.81. The summed E-state index contributed by atoms with van der Waals surface area (Å²) in [6, 6.07) is 0. The maximum absolute atomic E-state index is 9.83. The highest BCUT2D eigenvalue weighted by Crippen LogP contribution is 1.85. The van der Waals surface area contributed by atoms with Gasteiger partial charge in [0, 0.05) is 5.57 Å². The van der Waals surface area contributed by atoms with Crippen LogP contribution < -0.4 is 0 Å². The van der Waals surface area contributed by atoms with Crippen molar-refractivity contribution in [2.45, 2.75) is 27.7 Å². The number of allylic oxidation sites excluding steroid dienone is 4. The SMILES string of the molecule is C=C/C=C\C(=C)C=O.CC.CC. The van der Waals surface area contributed by atoms with Gasteiger partial charge in [-0.2, -0.15) is 0 Å². The largest absolute Gasteiger partial charge is 0.298 e. The van der Waals surface area contributed by atoms with Gasteiger partial charge in [0.1, 0.15) is 6.29 Å². The summed E-state index contributed by atoms with van der Waals surface area (Å²) in [4.78, 5) is 9.83. The van der Waals surface area contributed by atoms with E-state index >= 15 is 0 Å². The van der Waals surface area contributed by atoms with E-state index in [4.69, 9.17) is 0 Å². The number of hydrogen-bond donors (Lipinski definition) is 0. The predicted octanol–water partition coefficient (Wildman–Crippen LogP) is 3.54. The maximum Gasteiger partial charge on any atom is 0.149 e. The van der Waals surface area contributed by atoms with E-state index in [2.05, 4.69) is 13.2 Å². The lowest BCUT2D eigenvalue weighted by Gasteiger charge is -1.76. The van der Waals surface area contributed by atoms with Gasteiger partial charge < -0.3 is 0 Å². The lowest BCUT2D eigenvalue weighted by Crippen LogP contribution is -1.70. The molecule has 0 aliphatic heterocycles. The Bertz CT molecular complexity index is 132. The molecule has 0 amide bonds. The van der Waals surface area contributed by atoms with E-state index in [9.17, 15) is 4.79 Å². The number of carbonyl (C=O) groups is 1. The first kappa shape index (κ1) is 17.1. The summed E-state index contributed by atoms with van der Waals surface area (Å²) in [6.45, 7) is 14.8. The molecule has 1 nitrogen and oxygen atoms in total. The van der Waals surface area contributed by atoms with E-state index in [-0.39, 0.29) is 0 Å². The van der Waals surface area contributed by atoms with Gasteiger partial charge in [0.25, 0.3) is 0 Å². The highest BCUT2D eigenvalue weighted by molar-refractivity contribution is 5.76. The van der Waals surface area contributed by atoms with Gasteiger partial charge in [0.2, 0.25) is 0 Å². The van der Waals surface area contributed by atoms with Crippen molar-refractivity contribution in [2.75, 3.05) is 0 Å². The molecule has 0 saturated carbocycles. The van der Waals surface area contributed by atoms with E-state index < -0.39 is 0 Å². The number of rotatable bonds is 3. The molecule has 0 fully saturated rings. The molecule has 0 aromatic carbocycles. The van der Waals surface area contributed by atoms with Crippen molar-refractivity contribution in [1.82, 2.24) is 0 Å². The third-order valence-corrected chi connectivity index (χ3v) is 0.598. The zero-order valence-electron chi connectivity index (χ0n) is 8.63. The van der Waals surface area contributed by atoms with Crippen molar-refractivity contribution < 1.29 is 4.79 Å². The minimum absolute atomic E-state index is 0.463. The Morgan fingerprint density at radius 2 is 1.58 bits per heavy atom. The fourth-order valence-corrected chi connectivity index (χ4v) is 0.231. The molecule has 12 heavy (non-hydrogen) atoms. The van der Waals surface area contributed by atoms with Crippen molar-refractivity contribution in [3.63, 3.8) is 0 Å². The summed E-state index contributed by atoms with van der Waals surface area (Å²) < 4.78 is 0. The molecule has 70 valence electrons. The van der Waals surface area contributed by atoms with Crippen LogP contribution in [0.5, 0.6) is 0 Å². The Morgan fingerprint density at radius 1 is 1.17 bits per heavy atom. The highest BCUT2D eigenvalue weighted by Gasteiger charge is 1.75. The van der Waals surface area contributed by atoms with Crippen molar-refractivity contribution in [3.8, 4) is 0 Å². The quantitative estimate of drug-likeness (QED) is 0.358. The molecular weight excluding hydrogens is 148 g/mol. The summed E-state index contributed by atoms with van der Waals surface area (Å²) in [5.74, 6) is 0. The Labute approximate surface area is 76.5 Å². The summed E-state index contributed by atoms with van der Waals surface area (Å²) >= 11 is 0. The average Bonchev–Trinajstić information content (AvgIpc) is 2.20. The van der Waals surface area contributed by atoms with Crippen LogP contribution in [-0.2, 0) is 4.79 Å². The number of hydrogen-bond acceptors (Lipinski definition) is 1. The third-order valence-electron chi connectivity index (χ3n) is 0.598. The first-order valence-electron chi connectivity index (χ1n) is 4.24. The average molecular weight is 168 g/mol. The second-order valence-corrected chi connectivity index (χ2v) is 1.29. The lowest BCUT2D eigenvalue weighted by molar-refractivity contribution is -0.104. The van der Waals surface area contributed by atoms with Crippen LogP contribution in [0.2, 0.25) is 0 Å². The van der Waals surface area contributed by atoms with Gasteiger partial charge in [-0.15, -0.1) is 0 Å². The van der Waals surface area contributed by atoms with Gasteiger partial charge in [-0.3, -0.25) is 4.79 Å². The van der Waals surface area contributed by atoms with E-state index in [0.29, 0.717) is 11.9 Å². The van der Waals surface area contributed by atoms with Gasteiger partial charge in [0.15, 0.2) is 0 Å². The molecule has 0 aliphatic carbocycles. The molecule has 0 aliphatic rings. The van der Waals surface area contributed by atoms with Crippen molar-refractivity contribution in [2.24, 2.45) is 0 Å². The topological polar surface area (TPSA) is 17.1 Å². The summed E-state index contributed by atoms with van der Waals surface area (Å²) in [5, 5.41) is 0. The van der Waals surface area contributed by atoms with Crippen molar-refractivity contribution in [3.05, 3.63) is 37.0 Å². The van der Waals surface area contributed by atoms with Crippen LogP contribution in [-0.4, -0.2) is 6.29 Å². The Balaban J connectivity index is -0.000000175. The zero-order chi connectivity index (χ0) is 10.4. The zero-order valence-corrected chi connectivity index (χ0v) is 8.63. The molecule has 0 bridgehead atoms.